The van der Waals surface area contributed by atoms with Gasteiger partial charge in [0, 0.05) is 28.4 Å². The number of benzene rings is 2. The van der Waals surface area contributed by atoms with Crippen molar-refractivity contribution in [3.63, 3.8) is 0 Å². The van der Waals surface area contributed by atoms with Gasteiger partial charge in [-0.2, -0.15) is 0 Å². The van der Waals surface area contributed by atoms with Gasteiger partial charge < -0.3 is 9.88 Å². The van der Waals surface area contributed by atoms with Crippen LogP contribution in [0, 0.1) is 6.92 Å². The SMILES string of the molecule is Cc1ccccc1C(=O)NCc1nnc(SCc2ccc(Cl)cc2Cl)n1C. The summed E-state index contributed by atoms with van der Waals surface area (Å²) in [6, 6.07) is 12.9. The average Bonchev–Trinajstić information content (AvgIpc) is 2.99. The molecule has 8 heteroatoms. The molecule has 0 saturated carbocycles. The van der Waals surface area contributed by atoms with Crippen molar-refractivity contribution in [3.8, 4) is 0 Å². The molecule has 5 nitrogen and oxygen atoms in total. The molecule has 3 rings (SSSR count). The predicted molar refractivity (Wildman–Crippen MR) is 109 cm³/mol. The highest BCUT2D eigenvalue weighted by Gasteiger charge is 2.13. The minimum absolute atomic E-state index is 0.127. The molecule has 0 atom stereocenters. The zero-order valence-electron chi connectivity index (χ0n) is 14.9. The van der Waals surface area contributed by atoms with Crippen LogP contribution in [-0.2, 0) is 19.3 Å². The van der Waals surface area contributed by atoms with Crippen molar-refractivity contribution in [2.45, 2.75) is 24.4 Å². The molecule has 1 heterocycles. The lowest BCUT2D eigenvalue weighted by atomic mass is 10.1. The fourth-order valence-electron chi connectivity index (χ4n) is 2.49. The molecule has 0 aliphatic rings. The quantitative estimate of drug-likeness (QED) is 0.589. The van der Waals surface area contributed by atoms with E-state index in [1.165, 1.54) is 11.8 Å². The van der Waals surface area contributed by atoms with E-state index in [1.807, 2.05) is 48.9 Å². The normalized spacial score (nSPS) is 10.8. The summed E-state index contributed by atoms with van der Waals surface area (Å²) in [4.78, 5) is 12.3. The molecule has 0 bridgehead atoms. The maximum Gasteiger partial charge on any atom is 0.251 e. The summed E-state index contributed by atoms with van der Waals surface area (Å²) < 4.78 is 1.87. The smallest absolute Gasteiger partial charge is 0.251 e. The Bertz CT molecular complexity index is 974. The average molecular weight is 421 g/mol. The summed E-state index contributed by atoms with van der Waals surface area (Å²) in [5.74, 6) is 1.21. The van der Waals surface area contributed by atoms with Gasteiger partial charge in [0.2, 0.25) is 0 Å². The molecule has 1 amide bonds. The Morgan fingerprint density at radius 3 is 2.70 bits per heavy atom. The number of aromatic nitrogens is 3. The number of rotatable bonds is 6. The monoisotopic (exact) mass is 420 g/mol. The molecule has 1 aromatic heterocycles. The molecule has 1 N–H and O–H groups in total. The van der Waals surface area contributed by atoms with Crippen LogP contribution in [0.15, 0.2) is 47.6 Å². The Hall–Kier alpha value is -2.02. The number of amides is 1. The molecule has 0 spiro atoms. The second-order valence-corrected chi connectivity index (χ2v) is 7.77. The first kappa shape index (κ1) is 19.7. The zero-order valence-corrected chi connectivity index (χ0v) is 17.2. The van der Waals surface area contributed by atoms with Crippen LogP contribution < -0.4 is 5.32 Å². The summed E-state index contributed by atoms with van der Waals surface area (Å²) >= 11 is 13.7. The van der Waals surface area contributed by atoms with E-state index in [9.17, 15) is 4.79 Å². The van der Waals surface area contributed by atoms with Crippen LogP contribution in [0.25, 0.3) is 0 Å². The zero-order chi connectivity index (χ0) is 19.4. The molecular weight excluding hydrogens is 403 g/mol. The number of carbonyl (C=O) groups is 1. The highest BCUT2D eigenvalue weighted by molar-refractivity contribution is 7.98. The van der Waals surface area contributed by atoms with Crippen LogP contribution in [0.1, 0.15) is 27.3 Å². The van der Waals surface area contributed by atoms with Gasteiger partial charge >= 0.3 is 0 Å². The van der Waals surface area contributed by atoms with Crippen molar-refractivity contribution in [2.24, 2.45) is 7.05 Å². The van der Waals surface area contributed by atoms with E-state index >= 15 is 0 Å². The van der Waals surface area contributed by atoms with Gasteiger partial charge in [0.05, 0.1) is 6.54 Å². The van der Waals surface area contributed by atoms with Crippen molar-refractivity contribution in [1.29, 1.82) is 0 Å². The molecule has 0 radical (unpaired) electrons. The van der Waals surface area contributed by atoms with E-state index in [0.717, 1.165) is 16.3 Å². The highest BCUT2D eigenvalue weighted by atomic mass is 35.5. The van der Waals surface area contributed by atoms with Gasteiger partial charge in [0.15, 0.2) is 11.0 Å². The molecule has 27 heavy (non-hydrogen) atoms. The molecule has 3 aromatic rings. The number of aryl methyl sites for hydroxylation is 1. The Labute approximate surface area is 172 Å². The van der Waals surface area contributed by atoms with E-state index in [1.54, 1.807) is 12.1 Å². The third kappa shape index (κ3) is 4.83. The highest BCUT2D eigenvalue weighted by Crippen LogP contribution is 2.27. The van der Waals surface area contributed by atoms with Crippen molar-refractivity contribution in [3.05, 3.63) is 75.0 Å². The van der Waals surface area contributed by atoms with Crippen LogP contribution in [0.4, 0.5) is 0 Å². The van der Waals surface area contributed by atoms with Crippen LogP contribution in [0.2, 0.25) is 10.0 Å². The summed E-state index contributed by atoms with van der Waals surface area (Å²) in [6.07, 6.45) is 0. The molecule has 0 aliphatic carbocycles. The molecule has 0 fully saturated rings. The fourth-order valence-corrected chi connectivity index (χ4v) is 3.98. The minimum Gasteiger partial charge on any atom is -0.345 e. The number of halogens is 2. The van der Waals surface area contributed by atoms with Gasteiger partial charge in [-0.3, -0.25) is 4.79 Å². The van der Waals surface area contributed by atoms with Crippen LogP contribution in [-0.4, -0.2) is 20.7 Å². The van der Waals surface area contributed by atoms with Gasteiger partial charge in [0.1, 0.15) is 0 Å². The lowest BCUT2D eigenvalue weighted by Crippen LogP contribution is -2.25. The second-order valence-electron chi connectivity index (χ2n) is 5.98. The van der Waals surface area contributed by atoms with E-state index in [0.29, 0.717) is 33.7 Å². The molecular formula is C19H18Cl2N4OS. The van der Waals surface area contributed by atoms with Crippen LogP contribution >= 0.6 is 35.0 Å². The number of nitrogens with one attached hydrogen (secondary N) is 1. The van der Waals surface area contributed by atoms with Crippen LogP contribution in [0.3, 0.4) is 0 Å². The number of hydrogen-bond donors (Lipinski definition) is 1. The summed E-state index contributed by atoms with van der Waals surface area (Å²) in [5.41, 5.74) is 2.57. The predicted octanol–water partition coefficient (Wildman–Crippen LogP) is 4.65. The Balaban J connectivity index is 1.61. The van der Waals surface area contributed by atoms with Crippen molar-refractivity contribution < 1.29 is 4.79 Å². The topological polar surface area (TPSA) is 59.8 Å². The van der Waals surface area contributed by atoms with E-state index < -0.39 is 0 Å². The van der Waals surface area contributed by atoms with Gasteiger partial charge in [-0.1, -0.05) is 59.2 Å². The lowest BCUT2D eigenvalue weighted by molar-refractivity contribution is 0.0949. The molecule has 2 aromatic carbocycles. The number of thioether (sulfide) groups is 1. The molecule has 140 valence electrons. The molecule has 0 unspecified atom stereocenters. The largest absolute Gasteiger partial charge is 0.345 e. The Morgan fingerprint density at radius 1 is 1.19 bits per heavy atom. The van der Waals surface area contributed by atoms with E-state index in [-0.39, 0.29) is 5.91 Å². The summed E-state index contributed by atoms with van der Waals surface area (Å²) in [5, 5.41) is 13.3. The standard InChI is InChI=1S/C19H18Cl2N4OS/c1-12-5-3-4-6-15(12)18(26)22-10-17-23-24-19(25(17)2)27-11-13-7-8-14(20)9-16(13)21/h3-9H,10-11H2,1-2H3,(H,22,26). The third-order valence-electron chi connectivity index (χ3n) is 4.09. The molecule has 0 saturated heterocycles. The number of nitrogens with zero attached hydrogens (tertiary/aromatic N) is 3. The first-order valence-corrected chi connectivity index (χ1v) is 9.98. The number of carbonyl (C=O) groups excluding carboxylic acids is 1. The molecule has 0 aliphatic heterocycles. The van der Waals surface area contributed by atoms with Crippen LogP contribution in [0.5, 0.6) is 0 Å². The maximum atomic E-state index is 12.3. The summed E-state index contributed by atoms with van der Waals surface area (Å²) in [7, 11) is 1.88. The second kappa shape index (κ2) is 8.78. The Kier molecular flexibility index (Phi) is 6.42. The van der Waals surface area contributed by atoms with Gasteiger partial charge in [-0.05, 0) is 36.2 Å². The Morgan fingerprint density at radius 2 is 1.96 bits per heavy atom. The first-order chi connectivity index (χ1) is 13.0. The van der Waals surface area contributed by atoms with Gasteiger partial charge in [0.25, 0.3) is 5.91 Å². The third-order valence-corrected chi connectivity index (χ3v) is 5.75. The van der Waals surface area contributed by atoms with Crippen molar-refractivity contribution in [1.82, 2.24) is 20.1 Å². The maximum absolute atomic E-state index is 12.3. The fraction of sp³-hybridized carbons (Fsp3) is 0.211. The number of hydrogen-bond acceptors (Lipinski definition) is 4. The van der Waals surface area contributed by atoms with Crippen molar-refractivity contribution in [2.75, 3.05) is 0 Å². The van der Waals surface area contributed by atoms with Gasteiger partial charge in [-0.15, -0.1) is 10.2 Å². The van der Waals surface area contributed by atoms with Gasteiger partial charge in [-0.25, -0.2) is 0 Å². The minimum atomic E-state index is -0.127. The van der Waals surface area contributed by atoms with Crippen molar-refractivity contribution >= 4 is 40.9 Å². The van der Waals surface area contributed by atoms with E-state index in [2.05, 4.69) is 15.5 Å². The van der Waals surface area contributed by atoms with E-state index in [4.69, 9.17) is 23.2 Å². The lowest BCUT2D eigenvalue weighted by Gasteiger charge is -2.08. The summed E-state index contributed by atoms with van der Waals surface area (Å²) in [6.45, 7) is 2.22. The first-order valence-electron chi connectivity index (χ1n) is 8.24.